The highest BCUT2D eigenvalue weighted by molar-refractivity contribution is 7.73. The van der Waals surface area contributed by atoms with Crippen molar-refractivity contribution in [2.45, 2.75) is 45.2 Å². The Morgan fingerprint density at radius 2 is 1.78 bits per heavy atom. The molecular formula is C18H28ClN2OP. The van der Waals surface area contributed by atoms with E-state index in [-0.39, 0.29) is 17.6 Å². The van der Waals surface area contributed by atoms with E-state index >= 15 is 0 Å². The van der Waals surface area contributed by atoms with E-state index in [0.717, 1.165) is 30.7 Å². The zero-order chi connectivity index (χ0) is 16.2. The molecule has 5 heteroatoms. The van der Waals surface area contributed by atoms with Crippen LogP contribution < -0.4 is 22.3 Å². The lowest BCUT2D eigenvalue weighted by molar-refractivity contribution is -0.677. The Morgan fingerprint density at radius 1 is 1.13 bits per heavy atom. The molecule has 0 spiro atoms. The highest BCUT2D eigenvalue weighted by Crippen LogP contribution is 2.57. The van der Waals surface area contributed by atoms with Crippen LogP contribution in [0.15, 0.2) is 42.7 Å². The molecular weight excluding hydrogens is 327 g/mol. The number of imidazole rings is 1. The smallest absolute Gasteiger partial charge is 0.253 e. The van der Waals surface area contributed by atoms with Gasteiger partial charge in [-0.2, -0.15) is 0 Å². The second-order valence-electron chi connectivity index (χ2n) is 6.94. The molecule has 0 fully saturated rings. The van der Waals surface area contributed by atoms with Crippen LogP contribution >= 0.6 is 7.14 Å². The summed E-state index contributed by atoms with van der Waals surface area (Å²) in [6, 6.07) is 10.0. The molecule has 0 amide bonds. The maximum Gasteiger partial charge on any atom is 0.253 e. The van der Waals surface area contributed by atoms with E-state index in [1.807, 2.05) is 42.7 Å². The third-order valence-electron chi connectivity index (χ3n) is 4.37. The highest BCUT2D eigenvalue weighted by Gasteiger charge is 2.37. The summed E-state index contributed by atoms with van der Waals surface area (Å²) in [5.74, 6) is 1.23. The predicted molar refractivity (Wildman–Crippen MR) is 93.2 cm³/mol. The number of halogens is 1. The maximum atomic E-state index is 13.7. The average Bonchev–Trinajstić information content (AvgIpc) is 2.88. The van der Waals surface area contributed by atoms with Crippen LogP contribution in [0.2, 0.25) is 0 Å². The zero-order valence-electron chi connectivity index (χ0n) is 14.6. The fourth-order valence-electron chi connectivity index (χ4n) is 2.83. The van der Waals surface area contributed by atoms with Gasteiger partial charge in [0.1, 0.15) is 19.5 Å². The zero-order valence-corrected chi connectivity index (χ0v) is 16.2. The van der Waals surface area contributed by atoms with Crippen LogP contribution in [0.4, 0.5) is 0 Å². The SMILES string of the molecule is C[n+]1cc[nH]c1CCCCP(=O)(c1ccccc1)C(C)(C)C.[Cl-]. The Labute approximate surface area is 146 Å². The van der Waals surface area contributed by atoms with Gasteiger partial charge in [-0.1, -0.05) is 51.1 Å². The Kier molecular flexibility index (Phi) is 7.10. The Bertz CT molecular complexity index is 647. The van der Waals surface area contributed by atoms with Crippen molar-refractivity contribution >= 4 is 12.4 Å². The first-order valence-corrected chi connectivity index (χ1v) is 9.90. The van der Waals surface area contributed by atoms with Crippen molar-refractivity contribution in [2.24, 2.45) is 7.05 Å². The lowest BCUT2D eigenvalue weighted by atomic mass is 10.2. The van der Waals surface area contributed by atoms with E-state index < -0.39 is 7.14 Å². The number of benzene rings is 1. The number of hydrogen-bond donors (Lipinski definition) is 1. The molecule has 0 aliphatic heterocycles. The second kappa shape index (κ2) is 8.17. The summed E-state index contributed by atoms with van der Waals surface area (Å²) in [7, 11) is -0.339. The van der Waals surface area contributed by atoms with Crippen molar-refractivity contribution in [3.8, 4) is 0 Å². The summed E-state index contributed by atoms with van der Waals surface area (Å²) in [5.41, 5.74) is 0. The number of rotatable bonds is 6. The Morgan fingerprint density at radius 3 is 2.30 bits per heavy atom. The molecule has 0 aliphatic carbocycles. The third kappa shape index (κ3) is 4.71. The molecule has 23 heavy (non-hydrogen) atoms. The summed E-state index contributed by atoms with van der Waals surface area (Å²) >= 11 is 0. The molecule has 0 radical (unpaired) electrons. The average molecular weight is 355 g/mol. The molecule has 1 aromatic heterocycles. The van der Waals surface area contributed by atoms with Gasteiger partial charge in [0, 0.05) is 23.0 Å². The Balaban J connectivity index is 0.00000264. The van der Waals surface area contributed by atoms with Crippen LogP contribution in [0.25, 0.3) is 0 Å². The fraction of sp³-hybridized carbons (Fsp3) is 0.500. The van der Waals surface area contributed by atoms with Crippen molar-refractivity contribution in [2.75, 3.05) is 6.16 Å². The summed E-state index contributed by atoms with van der Waals surface area (Å²) < 4.78 is 15.8. The van der Waals surface area contributed by atoms with E-state index in [2.05, 4.69) is 37.4 Å². The largest absolute Gasteiger partial charge is 1.00 e. The molecule has 0 bridgehead atoms. The van der Waals surface area contributed by atoms with Crippen LogP contribution in [-0.4, -0.2) is 16.3 Å². The topological polar surface area (TPSA) is 36.7 Å². The minimum Gasteiger partial charge on any atom is -1.00 e. The predicted octanol–water partition coefficient (Wildman–Crippen LogP) is 0.653. The molecule has 0 saturated heterocycles. The van der Waals surface area contributed by atoms with Gasteiger partial charge < -0.3 is 17.0 Å². The van der Waals surface area contributed by atoms with Crippen molar-refractivity contribution in [1.29, 1.82) is 0 Å². The third-order valence-corrected chi connectivity index (χ3v) is 8.61. The normalized spacial score (nSPS) is 14.1. The van der Waals surface area contributed by atoms with Gasteiger partial charge >= 0.3 is 0 Å². The van der Waals surface area contributed by atoms with Gasteiger partial charge in [-0.3, -0.25) is 0 Å². The molecule has 128 valence electrons. The van der Waals surface area contributed by atoms with Gasteiger partial charge in [-0.15, -0.1) is 0 Å². The van der Waals surface area contributed by atoms with Crippen molar-refractivity contribution in [1.82, 2.24) is 4.98 Å². The monoisotopic (exact) mass is 354 g/mol. The van der Waals surface area contributed by atoms with Gasteiger partial charge in [0.05, 0.1) is 7.05 Å². The van der Waals surface area contributed by atoms with Crippen LogP contribution in [0, 0.1) is 0 Å². The molecule has 1 unspecified atom stereocenters. The molecule has 2 rings (SSSR count). The number of aryl methyl sites for hydroxylation is 2. The summed E-state index contributed by atoms with van der Waals surface area (Å²) in [5, 5.41) is 0.832. The van der Waals surface area contributed by atoms with Crippen molar-refractivity contribution < 1.29 is 21.5 Å². The molecule has 1 N–H and O–H groups in total. The first-order chi connectivity index (χ1) is 10.3. The number of aromatic nitrogens is 2. The first-order valence-electron chi connectivity index (χ1n) is 8.01. The van der Waals surface area contributed by atoms with Gasteiger partial charge in [-0.25, -0.2) is 9.55 Å². The number of unbranched alkanes of at least 4 members (excludes halogenated alkanes) is 1. The summed E-state index contributed by atoms with van der Waals surface area (Å²) in [4.78, 5) is 3.26. The molecule has 1 atom stereocenters. The highest BCUT2D eigenvalue weighted by atomic mass is 35.5. The second-order valence-corrected chi connectivity index (χ2v) is 10.7. The van der Waals surface area contributed by atoms with Crippen LogP contribution in [0.1, 0.15) is 39.4 Å². The lowest BCUT2D eigenvalue weighted by Crippen LogP contribution is -3.00. The standard InChI is InChI=1S/C18H27N2OP.ClH/c1-18(2,3)22(21,16-10-6-5-7-11-16)15-9-8-12-17-19-13-14-20(17)4;/h5-7,10-11,13-14H,8-9,12,15H2,1-4H3;1H. The van der Waals surface area contributed by atoms with Gasteiger partial charge in [-0.05, 0) is 12.8 Å². The number of hydrogen-bond acceptors (Lipinski definition) is 1. The first kappa shape index (κ1) is 20.0. The molecule has 0 saturated carbocycles. The quantitative estimate of drug-likeness (QED) is 0.462. The molecule has 1 aromatic carbocycles. The van der Waals surface area contributed by atoms with Crippen LogP contribution in [-0.2, 0) is 18.0 Å². The van der Waals surface area contributed by atoms with Crippen LogP contribution in [0.3, 0.4) is 0 Å². The number of H-pyrrole nitrogens is 1. The molecule has 2 aromatic rings. The number of nitrogens with one attached hydrogen (secondary N) is 1. The minimum atomic E-state index is -2.39. The summed E-state index contributed by atoms with van der Waals surface area (Å²) in [6.45, 7) is 6.31. The van der Waals surface area contributed by atoms with E-state index in [4.69, 9.17) is 0 Å². The van der Waals surface area contributed by atoms with E-state index in [1.165, 1.54) is 5.82 Å². The lowest BCUT2D eigenvalue weighted by Gasteiger charge is -2.32. The van der Waals surface area contributed by atoms with Crippen molar-refractivity contribution in [3.63, 3.8) is 0 Å². The minimum absolute atomic E-state index is 0. The fourth-order valence-corrected chi connectivity index (χ4v) is 5.86. The molecule has 0 aliphatic rings. The molecule has 3 nitrogen and oxygen atoms in total. The number of nitrogens with zero attached hydrogens (tertiary/aromatic N) is 1. The van der Waals surface area contributed by atoms with Gasteiger partial charge in [0.2, 0.25) is 0 Å². The maximum absolute atomic E-state index is 13.7. The van der Waals surface area contributed by atoms with Gasteiger partial charge in [0.25, 0.3) is 5.82 Å². The van der Waals surface area contributed by atoms with E-state index in [0.29, 0.717) is 0 Å². The van der Waals surface area contributed by atoms with E-state index in [9.17, 15) is 4.57 Å². The number of aromatic amines is 1. The van der Waals surface area contributed by atoms with Crippen LogP contribution in [0.5, 0.6) is 0 Å². The van der Waals surface area contributed by atoms with Crippen molar-refractivity contribution in [3.05, 3.63) is 48.5 Å². The van der Waals surface area contributed by atoms with E-state index in [1.54, 1.807) is 0 Å². The Hall–Kier alpha value is -1.05. The molecule has 1 heterocycles. The van der Waals surface area contributed by atoms with Gasteiger partial charge in [0.15, 0.2) is 0 Å². The summed E-state index contributed by atoms with van der Waals surface area (Å²) in [6.07, 6.45) is 7.82.